The van der Waals surface area contributed by atoms with Crippen LogP contribution in [-0.2, 0) is 6.54 Å². The number of rotatable bonds is 1. The Morgan fingerprint density at radius 3 is 2.68 bits per heavy atom. The minimum atomic E-state index is 0.754. The number of aliphatic imine (C=N–C) groups is 1. The van der Waals surface area contributed by atoms with Crippen molar-refractivity contribution in [3.8, 4) is 0 Å². The number of benzene rings is 2. The molecule has 0 aliphatic carbocycles. The highest BCUT2D eigenvalue weighted by molar-refractivity contribution is 6.30. The van der Waals surface area contributed by atoms with Gasteiger partial charge in [0, 0.05) is 15.9 Å². The van der Waals surface area contributed by atoms with E-state index in [4.69, 9.17) is 16.6 Å². The van der Waals surface area contributed by atoms with Crippen LogP contribution in [0.4, 0.5) is 0 Å². The third-order valence-electron chi connectivity index (χ3n) is 4.02. The van der Waals surface area contributed by atoms with Crippen LogP contribution in [0.2, 0.25) is 5.02 Å². The van der Waals surface area contributed by atoms with Crippen LogP contribution in [-0.4, -0.2) is 10.3 Å². The molecule has 1 aromatic heterocycles. The van der Waals surface area contributed by atoms with Crippen LogP contribution < -0.4 is 0 Å². The fourth-order valence-corrected chi connectivity index (χ4v) is 3.11. The molecule has 108 valence electrons. The molecular weight excluding hydrogens is 292 g/mol. The number of aromatic nitrogens is 1. The maximum Gasteiger partial charge on any atom is 0.0655 e. The number of nitrogens with zero attached hydrogens (tertiary/aromatic N) is 2. The minimum Gasteiger partial charge on any atom is -0.333 e. The van der Waals surface area contributed by atoms with Gasteiger partial charge < -0.3 is 4.57 Å². The lowest BCUT2D eigenvalue weighted by molar-refractivity contribution is 0.788. The van der Waals surface area contributed by atoms with E-state index in [-0.39, 0.29) is 0 Å². The third kappa shape index (κ3) is 2.26. The van der Waals surface area contributed by atoms with Gasteiger partial charge in [0.05, 0.1) is 23.6 Å². The van der Waals surface area contributed by atoms with E-state index in [0.29, 0.717) is 0 Å². The van der Waals surface area contributed by atoms with Gasteiger partial charge in [0.1, 0.15) is 0 Å². The molecule has 0 amide bonds. The molecule has 3 aromatic rings. The summed E-state index contributed by atoms with van der Waals surface area (Å²) in [4.78, 5) is 4.76. The highest BCUT2D eigenvalue weighted by Crippen LogP contribution is 2.26. The average Bonchev–Trinajstić information content (AvgIpc) is 2.89. The van der Waals surface area contributed by atoms with Crippen LogP contribution in [0, 0.1) is 0 Å². The quantitative estimate of drug-likeness (QED) is 0.591. The van der Waals surface area contributed by atoms with Crippen molar-refractivity contribution < 1.29 is 0 Å². The van der Waals surface area contributed by atoms with E-state index in [9.17, 15) is 0 Å². The van der Waals surface area contributed by atoms with Crippen LogP contribution in [0.3, 0.4) is 0 Å². The second-order valence-electron chi connectivity index (χ2n) is 5.56. The first-order chi connectivity index (χ1) is 10.7. The van der Waals surface area contributed by atoms with Crippen LogP contribution in [0.1, 0.15) is 18.2 Å². The second kappa shape index (κ2) is 5.15. The first-order valence-electron chi connectivity index (χ1n) is 7.31. The van der Waals surface area contributed by atoms with Crippen molar-refractivity contribution in [2.24, 2.45) is 4.99 Å². The van der Waals surface area contributed by atoms with Crippen molar-refractivity contribution in [3.63, 3.8) is 0 Å². The van der Waals surface area contributed by atoms with Crippen LogP contribution in [0.25, 0.3) is 17.0 Å². The molecule has 1 aliphatic heterocycles. The van der Waals surface area contributed by atoms with Gasteiger partial charge in [-0.05, 0) is 42.8 Å². The normalized spacial score (nSPS) is 15.9. The van der Waals surface area contributed by atoms with E-state index < -0.39 is 0 Å². The SMILES string of the molecule is CC1=N/C(=C\c2ccc(Cl)cc2)Cn2c1cc1ccccc12. The summed E-state index contributed by atoms with van der Waals surface area (Å²) in [6.45, 7) is 2.86. The molecule has 0 fully saturated rings. The smallest absolute Gasteiger partial charge is 0.0655 e. The Balaban J connectivity index is 1.80. The van der Waals surface area contributed by atoms with E-state index in [2.05, 4.69) is 47.9 Å². The summed E-state index contributed by atoms with van der Waals surface area (Å²) in [6.07, 6.45) is 2.12. The van der Waals surface area contributed by atoms with E-state index in [1.807, 2.05) is 24.3 Å². The Morgan fingerprint density at radius 1 is 1.09 bits per heavy atom. The predicted molar refractivity (Wildman–Crippen MR) is 93.6 cm³/mol. The summed E-state index contributed by atoms with van der Waals surface area (Å²) in [6, 6.07) is 18.5. The highest BCUT2D eigenvalue weighted by Gasteiger charge is 2.16. The Kier molecular flexibility index (Phi) is 3.12. The third-order valence-corrected chi connectivity index (χ3v) is 4.27. The molecule has 0 spiro atoms. The molecule has 0 atom stereocenters. The maximum absolute atomic E-state index is 5.94. The number of allylic oxidation sites excluding steroid dienone is 1. The van der Waals surface area contributed by atoms with Crippen molar-refractivity contribution in [1.82, 2.24) is 4.57 Å². The maximum atomic E-state index is 5.94. The summed E-state index contributed by atoms with van der Waals surface area (Å²) in [5, 5.41) is 2.02. The van der Waals surface area contributed by atoms with Gasteiger partial charge in [-0.25, -0.2) is 0 Å². The largest absolute Gasteiger partial charge is 0.333 e. The van der Waals surface area contributed by atoms with Gasteiger partial charge in [0.2, 0.25) is 0 Å². The van der Waals surface area contributed by atoms with Gasteiger partial charge in [-0.3, -0.25) is 4.99 Å². The van der Waals surface area contributed by atoms with Crippen molar-refractivity contribution in [2.75, 3.05) is 0 Å². The van der Waals surface area contributed by atoms with Gasteiger partial charge >= 0.3 is 0 Å². The predicted octanol–water partition coefficient (Wildman–Crippen LogP) is 5.16. The zero-order valence-electron chi connectivity index (χ0n) is 12.3. The number of para-hydroxylation sites is 1. The first-order valence-corrected chi connectivity index (χ1v) is 7.68. The number of fused-ring (bicyclic) bond motifs is 3. The Bertz CT molecular complexity index is 914. The van der Waals surface area contributed by atoms with Gasteiger partial charge in [-0.15, -0.1) is 0 Å². The lowest BCUT2D eigenvalue weighted by Crippen LogP contribution is -2.14. The fourth-order valence-electron chi connectivity index (χ4n) is 2.98. The zero-order chi connectivity index (χ0) is 15.1. The summed E-state index contributed by atoms with van der Waals surface area (Å²) in [5.41, 5.74) is 5.70. The Morgan fingerprint density at radius 2 is 1.86 bits per heavy atom. The monoisotopic (exact) mass is 306 g/mol. The van der Waals surface area contributed by atoms with E-state index in [1.165, 1.54) is 16.6 Å². The van der Waals surface area contributed by atoms with Gasteiger partial charge in [-0.1, -0.05) is 41.9 Å². The lowest BCUT2D eigenvalue weighted by atomic mass is 10.1. The molecule has 0 radical (unpaired) electrons. The fraction of sp³-hybridized carbons (Fsp3) is 0.105. The molecule has 2 nitrogen and oxygen atoms in total. The summed E-state index contributed by atoms with van der Waals surface area (Å²) >= 11 is 5.94. The molecule has 2 aromatic carbocycles. The molecule has 0 saturated carbocycles. The molecule has 1 aliphatic rings. The molecule has 0 N–H and O–H groups in total. The molecule has 0 saturated heterocycles. The van der Waals surface area contributed by atoms with Crippen LogP contribution >= 0.6 is 11.6 Å². The van der Waals surface area contributed by atoms with E-state index in [0.717, 1.165) is 28.5 Å². The summed E-state index contributed by atoms with van der Waals surface area (Å²) in [7, 11) is 0. The Labute approximate surface area is 134 Å². The number of hydrogen-bond donors (Lipinski definition) is 0. The van der Waals surface area contributed by atoms with Crippen molar-refractivity contribution in [1.29, 1.82) is 0 Å². The highest BCUT2D eigenvalue weighted by atomic mass is 35.5. The van der Waals surface area contributed by atoms with E-state index >= 15 is 0 Å². The van der Waals surface area contributed by atoms with Gasteiger partial charge in [0.15, 0.2) is 0 Å². The first kappa shape index (κ1) is 13.4. The van der Waals surface area contributed by atoms with Crippen molar-refractivity contribution in [2.45, 2.75) is 13.5 Å². The van der Waals surface area contributed by atoms with Gasteiger partial charge in [0.25, 0.3) is 0 Å². The molecule has 2 heterocycles. The second-order valence-corrected chi connectivity index (χ2v) is 6.00. The molecule has 4 rings (SSSR count). The van der Waals surface area contributed by atoms with Crippen molar-refractivity contribution >= 4 is 34.3 Å². The number of halogens is 1. The summed E-state index contributed by atoms with van der Waals surface area (Å²) in [5.74, 6) is 0. The summed E-state index contributed by atoms with van der Waals surface area (Å²) < 4.78 is 2.33. The zero-order valence-corrected chi connectivity index (χ0v) is 13.0. The van der Waals surface area contributed by atoms with E-state index in [1.54, 1.807) is 0 Å². The van der Waals surface area contributed by atoms with Crippen molar-refractivity contribution in [3.05, 3.63) is 76.6 Å². The Hall–Kier alpha value is -2.32. The number of hydrogen-bond acceptors (Lipinski definition) is 1. The lowest BCUT2D eigenvalue weighted by Gasteiger charge is -2.17. The minimum absolute atomic E-state index is 0.754. The molecule has 0 unspecified atom stereocenters. The average molecular weight is 307 g/mol. The topological polar surface area (TPSA) is 17.3 Å². The van der Waals surface area contributed by atoms with Crippen LogP contribution in [0.5, 0.6) is 0 Å². The van der Waals surface area contributed by atoms with Gasteiger partial charge in [-0.2, -0.15) is 0 Å². The standard InChI is InChI=1S/C19H15ClN2/c1-13-19-11-15-4-2-3-5-18(15)22(19)12-17(21-13)10-14-6-8-16(20)9-7-14/h2-11H,12H2,1H3/b17-10-. The van der Waals surface area contributed by atoms with Crippen LogP contribution in [0.15, 0.2) is 65.3 Å². The molecule has 3 heteroatoms. The molecule has 22 heavy (non-hydrogen) atoms. The molecular formula is C19H15ClN2. The molecule has 0 bridgehead atoms.